The van der Waals surface area contributed by atoms with E-state index in [4.69, 9.17) is 27.8 Å². The summed E-state index contributed by atoms with van der Waals surface area (Å²) in [6.07, 6.45) is 4.27. The van der Waals surface area contributed by atoms with Gasteiger partial charge in [-0.15, -0.1) is 0 Å². The molecule has 1 fully saturated rings. The Morgan fingerprint density at radius 3 is 2.67 bits per heavy atom. The molecule has 186 valence electrons. The third-order valence-electron chi connectivity index (χ3n) is 6.50. The molecule has 12 heteroatoms. The monoisotopic (exact) mass is 507 g/mol. The van der Waals surface area contributed by atoms with Crippen LogP contribution in [-0.2, 0) is 11.3 Å². The van der Waals surface area contributed by atoms with Crippen molar-refractivity contribution in [2.24, 2.45) is 11.5 Å². The normalized spacial score (nSPS) is 15.1. The molecule has 0 aliphatic carbocycles. The van der Waals surface area contributed by atoms with Crippen molar-refractivity contribution >= 4 is 40.3 Å². The fourth-order valence-electron chi connectivity index (χ4n) is 4.20. The fourth-order valence-corrected chi connectivity index (χ4v) is 4.47. The van der Waals surface area contributed by atoms with Crippen LogP contribution in [0, 0.1) is 0 Å². The van der Waals surface area contributed by atoms with Crippen LogP contribution in [0.2, 0.25) is 5.02 Å². The number of hydrogen-bond donors (Lipinski definition) is 4. The molecular weight excluding hydrogens is 482 g/mol. The molecule has 6 N–H and O–H groups in total. The lowest BCUT2D eigenvalue weighted by molar-refractivity contribution is -0.123. The SMILES string of the molecule is COc1ccc(CNc2nccc(-c3[nH]nc4nc(N5CCC(N)(C(N)=O)CC5)cnc34)c2Cl)cc1. The van der Waals surface area contributed by atoms with Gasteiger partial charge in [0.1, 0.15) is 22.9 Å². The Kier molecular flexibility index (Phi) is 6.33. The number of fused-ring (bicyclic) bond motifs is 1. The molecule has 0 bridgehead atoms. The van der Waals surface area contributed by atoms with Gasteiger partial charge in [-0.2, -0.15) is 5.10 Å². The summed E-state index contributed by atoms with van der Waals surface area (Å²) in [5, 5.41) is 11.1. The van der Waals surface area contributed by atoms with E-state index >= 15 is 0 Å². The number of piperidine rings is 1. The second kappa shape index (κ2) is 9.59. The Morgan fingerprint density at radius 1 is 1.22 bits per heavy atom. The second-order valence-electron chi connectivity index (χ2n) is 8.73. The molecule has 3 aromatic heterocycles. The summed E-state index contributed by atoms with van der Waals surface area (Å²) in [7, 11) is 1.64. The average Bonchev–Trinajstić information content (AvgIpc) is 3.32. The molecule has 0 spiro atoms. The van der Waals surface area contributed by atoms with Gasteiger partial charge >= 0.3 is 0 Å². The summed E-state index contributed by atoms with van der Waals surface area (Å²) < 4.78 is 5.20. The zero-order chi connectivity index (χ0) is 25.3. The number of pyridine rings is 1. The number of nitrogens with one attached hydrogen (secondary N) is 2. The molecule has 0 unspecified atom stereocenters. The number of carbonyl (C=O) groups excluding carboxylic acids is 1. The lowest BCUT2D eigenvalue weighted by Gasteiger charge is -2.37. The Labute approximate surface area is 212 Å². The van der Waals surface area contributed by atoms with Gasteiger partial charge in [-0.05, 0) is 36.6 Å². The highest BCUT2D eigenvalue weighted by Crippen LogP contribution is 2.35. The summed E-state index contributed by atoms with van der Waals surface area (Å²) in [6.45, 7) is 1.65. The van der Waals surface area contributed by atoms with Gasteiger partial charge in [0.15, 0.2) is 0 Å². The molecule has 11 nitrogen and oxygen atoms in total. The van der Waals surface area contributed by atoms with Crippen molar-refractivity contribution < 1.29 is 9.53 Å². The van der Waals surface area contributed by atoms with E-state index in [0.29, 0.717) is 71.6 Å². The average molecular weight is 508 g/mol. The van der Waals surface area contributed by atoms with Crippen LogP contribution in [0.25, 0.3) is 22.4 Å². The first kappa shape index (κ1) is 23.8. The molecule has 1 aromatic carbocycles. The van der Waals surface area contributed by atoms with E-state index in [1.54, 1.807) is 25.6 Å². The number of anilines is 2. The van der Waals surface area contributed by atoms with Crippen LogP contribution in [0.3, 0.4) is 0 Å². The highest BCUT2D eigenvalue weighted by atomic mass is 35.5. The van der Waals surface area contributed by atoms with E-state index < -0.39 is 11.4 Å². The number of carbonyl (C=O) groups is 1. The van der Waals surface area contributed by atoms with Crippen molar-refractivity contribution in [1.82, 2.24) is 25.1 Å². The number of nitrogens with zero attached hydrogens (tertiary/aromatic N) is 5. The van der Waals surface area contributed by atoms with Gasteiger partial charge in [-0.1, -0.05) is 23.7 Å². The van der Waals surface area contributed by atoms with Crippen LogP contribution in [0.1, 0.15) is 18.4 Å². The molecular formula is C24H26ClN9O2. The topological polar surface area (TPSA) is 161 Å². The van der Waals surface area contributed by atoms with Crippen LogP contribution in [0.5, 0.6) is 5.75 Å². The number of methoxy groups -OCH3 is 1. The predicted molar refractivity (Wildman–Crippen MR) is 138 cm³/mol. The molecule has 4 aromatic rings. The first-order valence-corrected chi connectivity index (χ1v) is 11.8. The summed E-state index contributed by atoms with van der Waals surface area (Å²) in [6, 6.07) is 9.56. The largest absolute Gasteiger partial charge is 0.497 e. The van der Waals surface area contributed by atoms with Gasteiger partial charge < -0.3 is 26.4 Å². The van der Waals surface area contributed by atoms with E-state index in [1.807, 2.05) is 29.2 Å². The third kappa shape index (κ3) is 4.50. The van der Waals surface area contributed by atoms with Crippen LogP contribution in [-0.4, -0.2) is 56.8 Å². The minimum absolute atomic E-state index is 0.448. The van der Waals surface area contributed by atoms with Gasteiger partial charge in [0.2, 0.25) is 11.6 Å². The van der Waals surface area contributed by atoms with Crippen LogP contribution in [0.4, 0.5) is 11.6 Å². The van der Waals surface area contributed by atoms with Gasteiger partial charge in [-0.3, -0.25) is 9.89 Å². The number of amides is 1. The smallest absolute Gasteiger partial charge is 0.237 e. The van der Waals surface area contributed by atoms with Crippen LogP contribution in [0.15, 0.2) is 42.7 Å². The standard InChI is InChI=1S/C24H26ClN9O2/c1-36-15-4-2-14(3-5-15)12-30-21-18(25)16(6-9-28-21)19-20-22(33-32-19)31-17(13-29-20)34-10-7-24(27,8-11-34)23(26)35/h2-6,9,13H,7-8,10-12,27H2,1H3,(H2,26,35)(H,28,30)(H,31,32,33). The van der Waals surface area contributed by atoms with E-state index in [9.17, 15) is 4.79 Å². The van der Waals surface area contributed by atoms with E-state index in [-0.39, 0.29) is 0 Å². The number of benzene rings is 1. The first-order chi connectivity index (χ1) is 17.4. The number of hydrogen-bond acceptors (Lipinski definition) is 9. The van der Waals surface area contributed by atoms with Crippen molar-refractivity contribution in [3.8, 4) is 17.0 Å². The minimum Gasteiger partial charge on any atom is -0.497 e. The second-order valence-corrected chi connectivity index (χ2v) is 9.11. The molecule has 1 saturated heterocycles. The number of aromatic nitrogens is 5. The number of primary amides is 1. The summed E-state index contributed by atoms with van der Waals surface area (Å²) in [5.41, 5.74) is 14.1. The first-order valence-electron chi connectivity index (χ1n) is 11.4. The van der Waals surface area contributed by atoms with Crippen molar-refractivity contribution in [3.05, 3.63) is 53.3 Å². The molecule has 1 aliphatic heterocycles. The molecule has 36 heavy (non-hydrogen) atoms. The number of aromatic amines is 1. The molecule has 0 saturated carbocycles. The van der Waals surface area contributed by atoms with E-state index in [2.05, 4.69) is 30.5 Å². The Bertz CT molecular complexity index is 1400. The van der Waals surface area contributed by atoms with Gasteiger partial charge in [0.05, 0.1) is 29.6 Å². The number of nitrogens with two attached hydrogens (primary N) is 2. The molecule has 1 aliphatic rings. The van der Waals surface area contributed by atoms with Crippen molar-refractivity contribution in [1.29, 1.82) is 0 Å². The van der Waals surface area contributed by atoms with Gasteiger partial charge in [-0.25, -0.2) is 15.0 Å². The summed E-state index contributed by atoms with van der Waals surface area (Å²) >= 11 is 6.72. The minimum atomic E-state index is -0.981. The summed E-state index contributed by atoms with van der Waals surface area (Å²) in [5.74, 6) is 1.53. The maximum atomic E-state index is 11.6. The maximum absolute atomic E-state index is 11.6. The van der Waals surface area contributed by atoms with Crippen molar-refractivity contribution in [2.45, 2.75) is 24.9 Å². The Balaban J connectivity index is 1.35. The number of rotatable bonds is 7. The number of ether oxygens (including phenoxy) is 1. The quantitative estimate of drug-likeness (QED) is 0.294. The lowest BCUT2D eigenvalue weighted by Crippen LogP contribution is -2.58. The Hall–Kier alpha value is -3.96. The third-order valence-corrected chi connectivity index (χ3v) is 6.88. The molecule has 4 heterocycles. The van der Waals surface area contributed by atoms with Crippen LogP contribution >= 0.6 is 11.6 Å². The highest BCUT2D eigenvalue weighted by molar-refractivity contribution is 6.35. The van der Waals surface area contributed by atoms with Crippen LogP contribution < -0.4 is 26.4 Å². The highest BCUT2D eigenvalue weighted by Gasteiger charge is 2.36. The number of H-pyrrole nitrogens is 1. The zero-order valence-electron chi connectivity index (χ0n) is 19.7. The van der Waals surface area contributed by atoms with E-state index in [0.717, 1.165) is 11.3 Å². The molecule has 1 amide bonds. The lowest BCUT2D eigenvalue weighted by atomic mass is 9.88. The van der Waals surface area contributed by atoms with Gasteiger partial charge in [0.25, 0.3) is 0 Å². The van der Waals surface area contributed by atoms with Crippen molar-refractivity contribution in [3.63, 3.8) is 0 Å². The Morgan fingerprint density at radius 2 is 1.97 bits per heavy atom. The molecule has 5 rings (SSSR count). The molecule has 0 atom stereocenters. The summed E-state index contributed by atoms with van der Waals surface area (Å²) in [4.78, 5) is 27.3. The van der Waals surface area contributed by atoms with E-state index in [1.165, 1.54) is 0 Å². The fraction of sp³-hybridized carbons (Fsp3) is 0.292. The maximum Gasteiger partial charge on any atom is 0.237 e. The number of halogens is 1. The predicted octanol–water partition coefficient (Wildman–Crippen LogP) is 2.47. The zero-order valence-corrected chi connectivity index (χ0v) is 20.4. The van der Waals surface area contributed by atoms with Gasteiger partial charge in [0, 0.05) is 31.4 Å². The van der Waals surface area contributed by atoms with Crippen molar-refractivity contribution in [2.75, 3.05) is 30.4 Å². The molecule has 0 radical (unpaired) electrons.